The molecule has 24 heavy (non-hydrogen) atoms. The van der Waals surface area contributed by atoms with E-state index in [0.717, 1.165) is 32.8 Å². The van der Waals surface area contributed by atoms with E-state index < -0.39 is 12.2 Å². The predicted molar refractivity (Wildman–Crippen MR) is 93.9 cm³/mol. The molecule has 1 aromatic heterocycles. The van der Waals surface area contributed by atoms with Crippen molar-refractivity contribution in [1.82, 2.24) is 4.90 Å². The highest BCUT2D eigenvalue weighted by molar-refractivity contribution is 7.17. The van der Waals surface area contributed by atoms with E-state index in [1.807, 2.05) is 6.92 Å². The maximum Gasteiger partial charge on any atom is 0.408 e. The number of ether oxygens (including phenoxy) is 1. The summed E-state index contributed by atoms with van der Waals surface area (Å²) in [5.74, 6) is 0.256. The van der Waals surface area contributed by atoms with Gasteiger partial charge in [-0.25, -0.2) is 0 Å². The van der Waals surface area contributed by atoms with E-state index in [1.165, 1.54) is 11.3 Å². The highest BCUT2D eigenvalue weighted by atomic mass is 32.1. The molecule has 0 bridgehead atoms. The van der Waals surface area contributed by atoms with Gasteiger partial charge in [0.1, 0.15) is 16.9 Å². The molecule has 1 atom stereocenters. The molecule has 1 unspecified atom stereocenters. The third kappa shape index (κ3) is 2.98. The minimum atomic E-state index is -4.39. The highest BCUT2D eigenvalue weighted by Crippen LogP contribution is 2.49. The van der Waals surface area contributed by atoms with E-state index in [9.17, 15) is 13.2 Å². The first-order chi connectivity index (χ1) is 11.1. The van der Waals surface area contributed by atoms with Crippen LogP contribution in [-0.4, -0.2) is 37.4 Å². The Morgan fingerprint density at radius 3 is 2.46 bits per heavy atom. The molecule has 2 rings (SSSR count). The number of anilines is 1. The summed E-state index contributed by atoms with van der Waals surface area (Å²) in [5.41, 5.74) is 1.91. The zero-order valence-corrected chi connectivity index (χ0v) is 14.9. The van der Waals surface area contributed by atoms with Gasteiger partial charge in [-0.15, -0.1) is 11.3 Å². The summed E-state index contributed by atoms with van der Waals surface area (Å²) >= 11 is 1.47. The standard InChI is InChI=1S/C17H21F3N2OS/c1-7-14-10(2)15-11(3)22(12(4)17(18,19)20)13(5)21(8-9-23-6)16(15)24-14/h7,12H,1,3,5,8-9H2,2,4,6H3. The first kappa shape index (κ1) is 18.6. The maximum absolute atomic E-state index is 13.3. The fourth-order valence-corrected chi connectivity index (χ4v) is 4.01. The van der Waals surface area contributed by atoms with Crippen LogP contribution in [-0.2, 0) is 4.74 Å². The van der Waals surface area contributed by atoms with Crippen LogP contribution < -0.4 is 4.90 Å². The van der Waals surface area contributed by atoms with E-state index in [4.69, 9.17) is 4.74 Å². The second kappa shape index (κ2) is 6.64. The lowest BCUT2D eigenvalue weighted by Gasteiger charge is -2.44. The van der Waals surface area contributed by atoms with Crippen molar-refractivity contribution < 1.29 is 17.9 Å². The molecule has 0 fully saturated rings. The van der Waals surface area contributed by atoms with Gasteiger partial charge in [-0.05, 0) is 19.4 Å². The molecule has 0 aliphatic carbocycles. The number of hydrogen-bond acceptors (Lipinski definition) is 4. The Labute approximate surface area is 144 Å². The predicted octanol–water partition coefficient (Wildman–Crippen LogP) is 4.86. The normalized spacial score (nSPS) is 16.4. The van der Waals surface area contributed by atoms with Gasteiger partial charge in [-0.2, -0.15) is 13.2 Å². The molecule has 0 N–H and O–H groups in total. The monoisotopic (exact) mass is 358 g/mol. The van der Waals surface area contributed by atoms with Crippen molar-refractivity contribution in [2.45, 2.75) is 26.1 Å². The van der Waals surface area contributed by atoms with Crippen LogP contribution >= 0.6 is 11.3 Å². The lowest BCUT2D eigenvalue weighted by Crippen LogP contribution is -2.48. The molecule has 0 saturated heterocycles. The van der Waals surface area contributed by atoms with Crippen molar-refractivity contribution in [1.29, 1.82) is 0 Å². The smallest absolute Gasteiger partial charge is 0.383 e. The minimum Gasteiger partial charge on any atom is -0.383 e. The summed E-state index contributed by atoms with van der Waals surface area (Å²) in [6.07, 6.45) is -2.68. The van der Waals surface area contributed by atoms with Crippen LogP contribution in [0.1, 0.15) is 22.9 Å². The fraction of sp³-hybridized carbons (Fsp3) is 0.412. The van der Waals surface area contributed by atoms with Crippen LogP contribution in [0, 0.1) is 6.92 Å². The molecule has 2 heterocycles. The molecule has 0 saturated carbocycles. The van der Waals surface area contributed by atoms with Gasteiger partial charge in [0.2, 0.25) is 0 Å². The number of rotatable bonds is 5. The third-order valence-electron chi connectivity index (χ3n) is 4.14. The first-order valence-corrected chi connectivity index (χ1v) is 8.23. The molecule has 0 spiro atoms. The van der Waals surface area contributed by atoms with Crippen molar-refractivity contribution in [3.63, 3.8) is 0 Å². The minimum absolute atomic E-state index is 0.256. The summed E-state index contributed by atoms with van der Waals surface area (Å²) in [7, 11) is 1.55. The lowest BCUT2D eigenvalue weighted by atomic mass is 10.0. The van der Waals surface area contributed by atoms with Crippen molar-refractivity contribution in [3.8, 4) is 0 Å². The summed E-state index contributed by atoms with van der Waals surface area (Å²) in [5, 5.41) is 0.833. The van der Waals surface area contributed by atoms with Crippen molar-refractivity contribution >= 4 is 28.1 Å². The number of alkyl halides is 3. The van der Waals surface area contributed by atoms with Crippen LogP contribution in [0.25, 0.3) is 11.8 Å². The van der Waals surface area contributed by atoms with Gasteiger partial charge in [0, 0.05) is 29.8 Å². The van der Waals surface area contributed by atoms with Gasteiger partial charge in [0.25, 0.3) is 0 Å². The molecular formula is C17H21F3N2OS. The Morgan fingerprint density at radius 1 is 1.33 bits per heavy atom. The number of thiophene rings is 1. The van der Waals surface area contributed by atoms with Gasteiger partial charge in [-0.1, -0.05) is 25.8 Å². The van der Waals surface area contributed by atoms with E-state index >= 15 is 0 Å². The van der Waals surface area contributed by atoms with E-state index in [1.54, 1.807) is 18.1 Å². The summed E-state index contributed by atoms with van der Waals surface area (Å²) in [6.45, 7) is 15.4. The molecule has 0 amide bonds. The summed E-state index contributed by atoms with van der Waals surface area (Å²) in [4.78, 5) is 3.84. The zero-order chi connectivity index (χ0) is 18.2. The molecule has 3 nitrogen and oxygen atoms in total. The Balaban J connectivity index is 2.59. The SMILES string of the molecule is C=Cc1sc2c(c1C)C(=C)N(C(C)C(F)(F)F)C(=C)N2CCOC. The molecule has 1 aromatic rings. The van der Waals surface area contributed by atoms with Gasteiger partial charge < -0.3 is 14.5 Å². The maximum atomic E-state index is 13.3. The van der Waals surface area contributed by atoms with Crippen LogP contribution in [0.3, 0.4) is 0 Å². The molecule has 7 heteroatoms. The van der Waals surface area contributed by atoms with Crippen LogP contribution in [0.2, 0.25) is 0 Å². The number of halogens is 3. The number of nitrogens with zero attached hydrogens (tertiary/aromatic N) is 2. The quantitative estimate of drug-likeness (QED) is 0.747. The van der Waals surface area contributed by atoms with Crippen LogP contribution in [0.4, 0.5) is 18.2 Å². The lowest BCUT2D eigenvalue weighted by molar-refractivity contribution is -0.166. The Morgan fingerprint density at radius 2 is 1.96 bits per heavy atom. The second-order valence-corrected chi connectivity index (χ2v) is 6.60. The number of fused-ring (bicyclic) bond motifs is 1. The average Bonchev–Trinajstić information content (AvgIpc) is 2.83. The van der Waals surface area contributed by atoms with Gasteiger partial charge >= 0.3 is 6.18 Å². The molecular weight excluding hydrogens is 337 g/mol. The molecule has 1 aliphatic heterocycles. The molecule has 0 aromatic carbocycles. The zero-order valence-electron chi connectivity index (χ0n) is 14.0. The first-order valence-electron chi connectivity index (χ1n) is 7.41. The Hall–Kier alpha value is -1.73. The summed E-state index contributed by atoms with van der Waals surface area (Å²) < 4.78 is 45.1. The van der Waals surface area contributed by atoms with E-state index in [2.05, 4.69) is 19.7 Å². The van der Waals surface area contributed by atoms with Crippen LogP contribution in [0.15, 0.2) is 25.6 Å². The second-order valence-electron chi connectivity index (χ2n) is 5.57. The largest absolute Gasteiger partial charge is 0.408 e. The topological polar surface area (TPSA) is 15.7 Å². The van der Waals surface area contributed by atoms with E-state index in [0.29, 0.717) is 18.8 Å². The fourth-order valence-electron chi connectivity index (χ4n) is 2.78. The molecule has 1 aliphatic rings. The van der Waals surface area contributed by atoms with Gasteiger partial charge in [0.05, 0.1) is 6.61 Å². The van der Waals surface area contributed by atoms with Crippen LogP contribution in [0.5, 0.6) is 0 Å². The van der Waals surface area contributed by atoms with Gasteiger partial charge in [-0.3, -0.25) is 0 Å². The highest BCUT2D eigenvalue weighted by Gasteiger charge is 2.45. The van der Waals surface area contributed by atoms with E-state index in [-0.39, 0.29) is 5.82 Å². The van der Waals surface area contributed by atoms with Gasteiger partial charge in [0.15, 0.2) is 0 Å². The Bertz CT molecular complexity index is 678. The summed E-state index contributed by atoms with van der Waals surface area (Å²) in [6, 6.07) is -1.72. The Kier molecular flexibility index (Phi) is 5.15. The number of methoxy groups -OCH3 is 1. The molecule has 132 valence electrons. The van der Waals surface area contributed by atoms with Crippen molar-refractivity contribution in [2.75, 3.05) is 25.2 Å². The third-order valence-corrected chi connectivity index (χ3v) is 5.46. The number of hydrogen-bond donors (Lipinski definition) is 0. The van der Waals surface area contributed by atoms with Crippen molar-refractivity contribution in [3.05, 3.63) is 41.6 Å². The molecule has 0 radical (unpaired) electrons. The van der Waals surface area contributed by atoms with Crippen molar-refractivity contribution in [2.24, 2.45) is 0 Å². The average molecular weight is 358 g/mol.